The fourth-order valence-electron chi connectivity index (χ4n) is 1.26. The highest BCUT2D eigenvalue weighted by atomic mass is 35.5. The molecule has 2 nitrogen and oxygen atoms in total. The Kier molecular flexibility index (Phi) is 4.37. The van der Waals surface area contributed by atoms with Gasteiger partial charge in [0.05, 0.1) is 12.7 Å². The molecule has 0 aliphatic rings. The summed E-state index contributed by atoms with van der Waals surface area (Å²) in [6.45, 7) is 3.58. The number of benzene rings is 1. The van der Waals surface area contributed by atoms with E-state index in [1.165, 1.54) is 7.11 Å². The Morgan fingerprint density at radius 2 is 2.33 bits per heavy atom. The van der Waals surface area contributed by atoms with Crippen LogP contribution in [0, 0.1) is 0 Å². The molecule has 0 aromatic heterocycles. The van der Waals surface area contributed by atoms with Crippen molar-refractivity contribution in [3.8, 4) is 5.75 Å². The predicted molar refractivity (Wildman–Crippen MR) is 61.8 cm³/mol. The first-order valence-electron chi connectivity index (χ1n) is 4.66. The number of ketones is 1. The maximum absolute atomic E-state index is 11.7. The summed E-state index contributed by atoms with van der Waals surface area (Å²) in [7, 11) is 1.52. The fourth-order valence-corrected chi connectivity index (χ4v) is 1.43. The number of carbonyl (C=O) groups excluding carboxylic acids is 1. The van der Waals surface area contributed by atoms with Gasteiger partial charge in [-0.2, -0.15) is 0 Å². The van der Waals surface area contributed by atoms with Crippen molar-refractivity contribution in [3.63, 3.8) is 0 Å². The molecule has 0 spiro atoms. The van der Waals surface area contributed by atoms with Gasteiger partial charge >= 0.3 is 0 Å². The first-order valence-corrected chi connectivity index (χ1v) is 5.04. The number of halogens is 1. The van der Waals surface area contributed by atoms with Gasteiger partial charge in [0.1, 0.15) is 5.75 Å². The molecule has 1 aromatic carbocycles. The van der Waals surface area contributed by atoms with Crippen LogP contribution >= 0.6 is 11.6 Å². The lowest BCUT2D eigenvalue weighted by Crippen LogP contribution is -2.01. The number of carbonyl (C=O) groups is 1. The van der Waals surface area contributed by atoms with Crippen LogP contribution < -0.4 is 4.74 Å². The molecule has 15 heavy (non-hydrogen) atoms. The second-order valence-electron chi connectivity index (χ2n) is 3.10. The first-order chi connectivity index (χ1) is 7.19. The molecule has 3 heteroatoms. The van der Waals surface area contributed by atoms with Crippen LogP contribution in [0.2, 0.25) is 5.02 Å². The molecule has 0 N–H and O–H groups in total. The maximum Gasteiger partial charge on any atom is 0.166 e. The number of allylic oxidation sites excluding steroid dienone is 1. The molecule has 0 amide bonds. The summed E-state index contributed by atoms with van der Waals surface area (Å²) in [5.41, 5.74) is 0.573. The van der Waals surface area contributed by atoms with Gasteiger partial charge in [-0.25, -0.2) is 0 Å². The van der Waals surface area contributed by atoms with Gasteiger partial charge in [-0.15, -0.1) is 6.58 Å². The highest BCUT2D eigenvalue weighted by molar-refractivity contribution is 6.30. The second-order valence-corrected chi connectivity index (χ2v) is 3.53. The van der Waals surface area contributed by atoms with Crippen molar-refractivity contribution in [1.29, 1.82) is 0 Å². The molecule has 0 bridgehead atoms. The van der Waals surface area contributed by atoms with Crippen molar-refractivity contribution in [1.82, 2.24) is 0 Å². The molecule has 0 unspecified atom stereocenters. The Labute approximate surface area is 94.5 Å². The van der Waals surface area contributed by atoms with E-state index in [4.69, 9.17) is 16.3 Å². The second kappa shape index (κ2) is 5.56. The molecule has 0 saturated carbocycles. The van der Waals surface area contributed by atoms with E-state index < -0.39 is 0 Å². The normalized spacial score (nSPS) is 9.73. The van der Waals surface area contributed by atoms with Crippen LogP contribution in [0.3, 0.4) is 0 Å². The number of rotatable bonds is 5. The average molecular weight is 225 g/mol. The highest BCUT2D eigenvalue weighted by Gasteiger charge is 2.11. The quantitative estimate of drug-likeness (QED) is 0.565. The van der Waals surface area contributed by atoms with Gasteiger partial charge in [0.15, 0.2) is 5.78 Å². The van der Waals surface area contributed by atoms with E-state index >= 15 is 0 Å². The molecule has 80 valence electrons. The number of ether oxygens (including phenoxy) is 1. The van der Waals surface area contributed by atoms with Crippen LogP contribution in [-0.4, -0.2) is 12.9 Å². The van der Waals surface area contributed by atoms with E-state index in [1.807, 2.05) is 0 Å². The zero-order valence-electron chi connectivity index (χ0n) is 8.63. The van der Waals surface area contributed by atoms with E-state index in [0.29, 0.717) is 29.2 Å². The Hall–Kier alpha value is -1.28. The summed E-state index contributed by atoms with van der Waals surface area (Å²) in [6, 6.07) is 5.01. The van der Waals surface area contributed by atoms with Crippen molar-refractivity contribution in [2.24, 2.45) is 0 Å². The van der Waals surface area contributed by atoms with Gasteiger partial charge in [0.2, 0.25) is 0 Å². The van der Waals surface area contributed by atoms with Gasteiger partial charge in [-0.05, 0) is 24.6 Å². The van der Waals surface area contributed by atoms with Gasteiger partial charge in [-0.3, -0.25) is 4.79 Å². The summed E-state index contributed by atoms with van der Waals surface area (Å²) in [5, 5.41) is 0.562. The monoisotopic (exact) mass is 224 g/mol. The van der Waals surface area contributed by atoms with E-state index in [9.17, 15) is 4.79 Å². The molecular weight excluding hydrogens is 212 g/mol. The summed E-state index contributed by atoms with van der Waals surface area (Å²) < 4.78 is 5.10. The molecule has 0 radical (unpaired) electrons. The van der Waals surface area contributed by atoms with Crippen LogP contribution in [0.4, 0.5) is 0 Å². The highest BCUT2D eigenvalue weighted by Crippen LogP contribution is 2.24. The molecule has 1 aromatic rings. The SMILES string of the molecule is C=CCCC(=O)c1ccc(Cl)cc1OC. The lowest BCUT2D eigenvalue weighted by atomic mass is 10.1. The van der Waals surface area contributed by atoms with Crippen LogP contribution in [0.5, 0.6) is 5.75 Å². The minimum Gasteiger partial charge on any atom is -0.496 e. The summed E-state index contributed by atoms with van der Waals surface area (Å²) >= 11 is 5.80. The molecule has 0 atom stereocenters. The third-order valence-corrected chi connectivity index (χ3v) is 2.27. The molecule has 0 aliphatic heterocycles. The minimum absolute atomic E-state index is 0.0448. The van der Waals surface area contributed by atoms with Gasteiger partial charge in [0, 0.05) is 11.4 Å². The third-order valence-electron chi connectivity index (χ3n) is 2.04. The smallest absolute Gasteiger partial charge is 0.166 e. The number of hydrogen-bond donors (Lipinski definition) is 0. The zero-order chi connectivity index (χ0) is 11.3. The van der Waals surface area contributed by atoms with E-state index in [0.717, 1.165) is 0 Å². The Balaban J connectivity index is 2.92. The summed E-state index contributed by atoms with van der Waals surface area (Å²) in [5.74, 6) is 0.569. The zero-order valence-corrected chi connectivity index (χ0v) is 9.38. The van der Waals surface area contributed by atoms with Crippen molar-refractivity contribution in [2.75, 3.05) is 7.11 Å². The molecule has 0 aliphatic carbocycles. The number of methoxy groups -OCH3 is 1. The largest absolute Gasteiger partial charge is 0.496 e. The van der Waals surface area contributed by atoms with Crippen LogP contribution in [-0.2, 0) is 0 Å². The van der Waals surface area contributed by atoms with E-state index in [2.05, 4.69) is 6.58 Å². The lowest BCUT2D eigenvalue weighted by molar-refractivity contribution is 0.0981. The van der Waals surface area contributed by atoms with E-state index in [1.54, 1.807) is 24.3 Å². The average Bonchev–Trinajstić information content (AvgIpc) is 2.25. The molecule has 0 fully saturated rings. The first kappa shape index (κ1) is 11.8. The van der Waals surface area contributed by atoms with Gasteiger partial charge < -0.3 is 4.74 Å². The fraction of sp³-hybridized carbons (Fsp3) is 0.250. The Morgan fingerprint density at radius 1 is 1.60 bits per heavy atom. The summed E-state index contributed by atoms with van der Waals surface area (Å²) in [4.78, 5) is 11.7. The topological polar surface area (TPSA) is 26.3 Å². The number of hydrogen-bond acceptors (Lipinski definition) is 2. The predicted octanol–water partition coefficient (Wildman–Crippen LogP) is 3.50. The van der Waals surface area contributed by atoms with Gasteiger partial charge in [-0.1, -0.05) is 17.7 Å². The van der Waals surface area contributed by atoms with Crippen molar-refractivity contribution >= 4 is 17.4 Å². The third kappa shape index (κ3) is 3.10. The van der Waals surface area contributed by atoms with Crippen LogP contribution in [0.1, 0.15) is 23.2 Å². The van der Waals surface area contributed by atoms with Gasteiger partial charge in [0.25, 0.3) is 0 Å². The standard InChI is InChI=1S/C12H13ClO2/c1-3-4-5-11(14)10-7-6-9(13)8-12(10)15-2/h3,6-8H,1,4-5H2,2H3. The van der Waals surface area contributed by atoms with Crippen molar-refractivity contribution < 1.29 is 9.53 Å². The Morgan fingerprint density at radius 3 is 2.93 bits per heavy atom. The van der Waals surface area contributed by atoms with E-state index in [-0.39, 0.29) is 5.78 Å². The maximum atomic E-state index is 11.7. The molecule has 0 saturated heterocycles. The minimum atomic E-state index is 0.0448. The van der Waals surface area contributed by atoms with Crippen molar-refractivity contribution in [2.45, 2.75) is 12.8 Å². The van der Waals surface area contributed by atoms with Crippen LogP contribution in [0.25, 0.3) is 0 Å². The van der Waals surface area contributed by atoms with Crippen LogP contribution in [0.15, 0.2) is 30.9 Å². The molecule has 0 heterocycles. The van der Waals surface area contributed by atoms with Crippen molar-refractivity contribution in [3.05, 3.63) is 41.4 Å². The molecule has 1 rings (SSSR count). The molecular formula is C12H13ClO2. The number of Topliss-reactive ketones (excluding diaryl/α,β-unsaturated/α-hetero) is 1. The lowest BCUT2D eigenvalue weighted by Gasteiger charge is -2.07. The Bertz CT molecular complexity index is 372. The summed E-state index contributed by atoms with van der Waals surface area (Å²) in [6.07, 6.45) is 2.84.